The van der Waals surface area contributed by atoms with E-state index in [1.54, 1.807) is 7.05 Å². The van der Waals surface area contributed by atoms with Crippen LogP contribution in [0.1, 0.15) is 44.2 Å². The van der Waals surface area contributed by atoms with E-state index >= 15 is 0 Å². The molecular formula is C17H24Cl2N4O. The molecule has 4 bridgehead atoms. The summed E-state index contributed by atoms with van der Waals surface area (Å²) in [4.78, 5) is 12.2. The standard InChI is InChI=1S/C17H24Cl2N4O/c1-23-15(19)14(18)13(22-23)8-20-16(24)21-9-17-5-10-2-11(6-17)4-12(3-10)7-17/h10-12H,2-9H2,1H3,(H2,20,21,24). The van der Waals surface area contributed by atoms with Crippen LogP contribution in [0.4, 0.5) is 4.79 Å². The molecule has 2 N–H and O–H groups in total. The Bertz CT molecular complexity index is 622. The molecule has 5 nitrogen and oxygen atoms in total. The van der Waals surface area contributed by atoms with Crippen LogP contribution in [0.25, 0.3) is 0 Å². The number of nitrogens with one attached hydrogen (secondary N) is 2. The summed E-state index contributed by atoms with van der Waals surface area (Å²) >= 11 is 12.1. The quantitative estimate of drug-likeness (QED) is 0.847. The Morgan fingerprint density at radius 3 is 2.25 bits per heavy atom. The Balaban J connectivity index is 1.30. The molecule has 0 aliphatic heterocycles. The number of urea groups is 1. The van der Waals surface area contributed by atoms with Crippen molar-refractivity contribution >= 4 is 29.2 Å². The number of hydrogen-bond donors (Lipinski definition) is 2. The second kappa shape index (κ2) is 6.10. The topological polar surface area (TPSA) is 59.0 Å². The SMILES string of the molecule is Cn1nc(CNC(=O)NCC23CC4CC(CC(C4)C2)C3)c(Cl)c1Cl. The number of carbonyl (C=O) groups is 1. The maximum absolute atomic E-state index is 12.2. The van der Waals surface area contributed by atoms with Crippen molar-refractivity contribution in [2.45, 2.75) is 45.1 Å². The summed E-state index contributed by atoms with van der Waals surface area (Å²) in [7, 11) is 1.73. The van der Waals surface area contributed by atoms with Crippen LogP contribution in [-0.4, -0.2) is 22.4 Å². The minimum Gasteiger partial charge on any atom is -0.338 e. The molecular weight excluding hydrogens is 347 g/mol. The second-order valence-corrected chi connectivity index (χ2v) is 8.86. The molecule has 5 rings (SSSR count). The van der Waals surface area contributed by atoms with Crippen LogP contribution in [0.15, 0.2) is 0 Å². The Morgan fingerprint density at radius 1 is 1.17 bits per heavy atom. The van der Waals surface area contributed by atoms with Crippen molar-refractivity contribution in [3.63, 3.8) is 0 Å². The predicted molar refractivity (Wildman–Crippen MR) is 94.1 cm³/mol. The first-order chi connectivity index (χ1) is 11.4. The lowest BCUT2D eigenvalue weighted by Crippen LogP contribution is -2.52. The molecule has 1 heterocycles. The Labute approximate surface area is 152 Å². The molecule has 1 aromatic rings. The van der Waals surface area contributed by atoms with E-state index in [0.717, 1.165) is 24.3 Å². The van der Waals surface area contributed by atoms with Crippen molar-refractivity contribution in [1.29, 1.82) is 0 Å². The van der Waals surface area contributed by atoms with Crippen molar-refractivity contribution in [3.05, 3.63) is 15.9 Å². The normalized spacial score (nSPS) is 33.7. The Hall–Kier alpha value is -0.940. The lowest BCUT2D eigenvalue weighted by atomic mass is 9.49. The van der Waals surface area contributed by atoms with Crippen molar-refractivity contribution in [2.24, 2.45) is 30.2 Å². The molecule has 7 heteroatoms. The first-order valence-corrected chi connectivity index (χ1v) is 9.58. The zero-order chi connectivity index (χ0) is 16.9. The summed E-state index contributed by atoms with van der Waals surface area (Å²) in [5, 5.41) is 10.9. The number of carbonyl (C=O) groups excluding carboxylic acids is 1. The molecule has 4 saturated carbocycles. The van der Waals surface area contributed by atoms with Gasteiger partial charge in [0.1, 0.15) is 15.9 Å². The van der Waals surface area contributed by atoms with Gasteiger partial charge in [-0.25, -0.2) is 4.79 Å². The molecule has 0 atom stereocenters. The number of nitrogens with zero attached hydrogens (tertiary/aromatic N) is 2. The smallest absolute Gasteiger partial charge is 0.315 e. The van der Waals surface area contributed by atoms with Gasteiger partial charge in [-0.15, -0.1) is 0 Å². The molecule has 0 aromatic carbocycles. The Kier molecular flexibility index (Phi) is 4.20. The van der Waals surface area contributed by atoms with Crippen LogP contribution in [0.3, 0.4) is 0 Å². The number of rotatable bonds is 4. The zero-order valence-corrected chi connectivity index (χ0v) is 15.5. The number of aromatic nitrogens is 2. The summed E-state index contributed by atoms with van der Waals surface area (Å²) in [6.07, 6.45) is 8.14. The largest absolute Gasteiger partial charge is 0.338 e. The highest BCUT2D eigenvalue weighted by atomic mass is 35.5. The first kappa shape index (κ1) is 16.5. The van der Waals surface area contributed by atoms with E-state index in [0.29, 0.717) is 21.3 Å². The summed E-state index contributed by atoms with van der Waals surface area (Å²) in [6, 6.07) is -0.149. The van der Waals surface area contributed by atoms with Crippen molar-refractivity contribution < 1.29 is 4.79 Å². The number of halogens is 2. The van der Waals surface area contributed by atoms with Gasteiger partial charge in [-0.05, 0) is 61.7 Å². The molecule has 24 heavy (non-hydrogen) atoms. The van der Waals surface area contributed by atoms with Crippen molar-refractivity contribution in [1.82, 2.24) is 20.4 Å². The highest BCUT2D eigenvalue weighted by Crippen LogP contribution is 2.59. The van der Waals surface area contributed by atoms with Gasteiger partial charge in [0.2, 0.25) is 0 Å². The summed E-state index contributed by atoms with van der Waals surface area (Å²) in [5.41, 5.74) is 0.937. The summed E-state index contributed by atoms with van der Waals surface area (Å²) in [6.45, 7) is 1.07. The van der Waals surface area contributed by atoms with E-state index in [1.165, 1.54) is 43.2 Å². The maximum Gasteiger partial charge on any atom is 0.315 e. The van der Waals surface area contributed by atoms with Crippen LogP contribution < -0.4 is 10.6 Å². The van der Waals surface area contributed by atoms with Gasteiger partial charge in [0, 0.05) is 13.6 Å². The van der Waals surface area contributed by atoms with Crippen molar-refractivity contribution in [3.8, 4) is 0 Å². The number of amides is 2. The van der Waals surface area contributed by atoms with Crippen LogP contribution in [0, 0.1) is 23.2 Å². The molecule has 0 unspecified atom stereocenters. The van der Waals surface area contributed by atoms with E-state index in [2.05, 4.69) is 15.7 Å². The van der Waals surface area contributed by atoms with Crippen LogP contribution >= 0.6 is 23.2 Å². The Morgan fingerprint density at radius 2 is 1.75 bits per heavy atom. The van der Waals surface area contributed by atoms with E-state index in [4.69, 9.17) is 23.2 Å². The van der Waals surface area contributed by atoms with Gasteiger partial charge in [-0.3, -0.25) is 4.68 Å². The van der Waals surface area contributed by atoms with Gasteiger partial charge in [0.05, 0.1) is 6.54 Å². The lowest BCUT2D eigenvalue weighted by molar-refractivity contribution is -0.0498. The summed E-state index contributed by atoms with van der Waals surface area (Å²) < 4.78 is 1.51. The molecule has 0 saturated heterocycles. The van der Waals surface area contributed by atoms with Gasteiger partial charge in [0.25, 0.3) is 0 Å². The van der Waals surface area contributed by atoms with Crippen LogP contribution in [-0.2, 0) is 13.6 Å². The predicted octanol–water partition coefficient (Wildman–Crippen LogP) is 3.74. The molecule has 4 aliphatic rings. The number of hydrogen-bond acceptors (Lipinski definition) is 2. The fraction of sp³-hybridized carbons (Fsp3) is 0.765. The average Bonchev–Trinajstić information content (AvgIpc) is 2.77. The lowest BCUT2D eigenvalue weighted by Gasteiger charge is -2.56. The highest BCUT2D eigenvalue weighted by molar-refractivity contribution is 6.41. The summed E-state index contributed by atoms with van der Waals surface area (Å²) in [5.74, 6) is 2.70. The fourth-order valence-electron chi connectivity index (χ4n) is 5.64. The maximum atomic E-state index is 12.2. The fourth-order valence-corrected chi connectivity index (χ4v) is 6.02. The van der Waals surface area contributed by atoms with E-state index in [9.17, 15) is 4.79 Å². The molecule has 0 spiro atoms. The van der Waals surface area contributed by atoms with Gasteiger partial charge < -0.3 is 10.6 Å². The monoisotopic (exact) mass is 370 g/mol. The van der Waals surface area contributed by atoms with Gasteiger partial charge in [-0.2, -0.15) is 5.10 Å². The average molecular weight is 371 g/mol. The molecule has 1 aromatic heterocycles. The second-order valence-electron chi connectivity index (χ2n) is 8.13. The number of aryl methyl sites for hydroxylation is 1. The van der Waals surface area contributed by atoms with E-state index in [1.807, 2.05) is 0 Å². The van der Waals surface area contributed by atoms with Crippen molar-refractivity contribution in [2.75, 3.05) is 6.54 Å². The van der Waals surface area contributed by atoms with Gasteiger partial charge in [-0.1, -0.05) is 23.2 Å². The first-order valence-electron chi connectivity index (χ1n) is 8.83. The molecule has 4 fully saturated rings. The van der Waals surface area contributed by atoms with E-state index < -0.39 is 0 Å². The molecule has 4 aliphatic carbocycles. The molecule has 2 amide bonds. The third kappa shape index (κ3) is 3.01. The zero-order valence-electron chi connectivity index (χ0n) is 13.9. The highest BCUT2D eigenvalue weighted by Gasteiger charge is 2.50. The third-order valence-corrected chi connectivity index (χ3v) is 7.12. The third-order valence-electron chi connectivity index (χ3n) is 6.19. The van der Waals surface area contributed by atoms with Crippen LogP contribution in [0.5, 0.6) is 0 Å². The van der Waals surface area contributed by atoms with E-state index in [-0.39, 0.29) is 12.6 Å². The van der Waals surface area contributed by atoms with Gasteiger partial charge in [0.15, 0.2) is 0 Å². The minimum absolute atomic E-state index is 0.149. The minimum atomic E-state index is -0.149. The van der Waals surface area contributed by atoms with Crippen LogP contribution in [0.2, 0.25) is 10.2 Å². The molecule has 0 radical (unpaired) electrons. The van der Waals surface area contributed by atoms with Gasteiger partial charge >= 0.3 is 6.03 Å². The molecule has 132 valence electrons.